The fourth-order valence-electron chi connectivity index (χ4n) is 2.56. The first-order chi connectivity index (χ1) is 13.7. The second-order valence-corrected chi connectivity index (χ2v) is 6.80. The number of nitrogens with one attached hydrogen (secondary N) is 2. The third-order valence-corrected chi connectivity index (χ3v) is 4.35. The summed E-state index contributed by atoms with van der Waals surface area (Å²) < 4.78 is 0. The monoisotopic (exact) mass is 408 g/mol. The number of unbranched alkanes of at least 4 members (excludes halogenated alkanes) is 1. The zero-order chi connectivity index (χ0) is 21.8. The van der Waals surface area contributed by atoms with E-state index in [2.05, 4.69) is 10.6 Å². The largest absolute Gasteiger partial charge is 0.480 e. The molecule has 0 unspecified atom stereocenters. The van der Waals surface area contributed by atoms with Crippen LogP contribution in [0.5, 0.6) is 0 Å². The highest BCUT2D eigenvalue weighted by Gasteiger charge is 2.18. The van der Waals surface area contributed by atoms with Gasteiger partial charge in [0.2, 0.25) is 11.8 Å². The van der Waals surface area contributed by atoms with Gasteiger partial charge in [-0.2, -0.15) is 0 Å². The van der Waals surface area contributed by atoms with Gasteiger partial charge >= 0.3 is 5.97 Å². The lowest BCUT2D eigenvalue weighted by atomic mass is 10.1. The van der Waals surface area contributed by atoms with Crippen molar-refractivity contribution < 1.29 is 24.4 Å². The van der Waals surface area contributed by atoms with E-state index in [1.165, 1.54) is 19.1 Å². The topological polar surface area (TPSA) is 165 Å². The molecule has 0 aliphatic heterocycles. The molecule has 0 saturated carbocycles. The molecule has 0 radical (unpaired) electrons. The molecule has 5 N–H and O–H groups in total. The number of amides is 2. The van der Waals surface area contributed by atoms with Crippen molar-refractivity contribution in [2.75, 3.05) is 6.54 Å². The summed E-state index contributed by atoms with van der Waals surface area (Å²) in [6.07, 6.45) is 3.32. The Hall–Kier alpha value is -3.01. The summed E-state index contributed by atoms with van der Waals surface area (Å²) in [5.74, 6) is -1.71. The summed E-state index contributed by atoms with van der Waals surface area (Å²) in [7, 11) is 0. The van der Waals surface area contributed by atoms with Crippen LogP contribution in [0.3, 0.4) is 0 Å². The van der Waals surface area contributed by atoms with Gasteiger partial charge in [0.1, 0.15) is 6.04 Å². The number of benzene rings is 1. The van der Waals surface area contributed by atoms with E-state index in [0.717, 1.165) is 5.56 Å². The second-order valence-electron chi connectivity index (χ2n) is 6.80. The molecule has 1 aromatic carbocycles. The van der Waals surface area contributed by atoms with Crippen LogP contribution < -0.4 is 16.4 Å². The maximum atomic E-state index is 11.8. The van der Waals surface area contributed by atoms with Crippen LogP contribution in [0.4, 0.5) is 5.69 Å². The van der Waals surface area contributed by atoms with E-state index >= 15 is 0 Å². The van der Waals surface area contributed by atoms with E-state index < -0.39 is 28.9 Å². The van der Waals surface area contributed by atoms with Gasteiger partial charge in [-0.25, -0.2) is 0 Å². The van der Waals surface area contributed by atoms with Crippen molar-refractivity contribution >= 4 is 23.5 Å². The molecule has 29 heavy (non-hydrogen) atoms. The van der Waals surface area contributed by atoms with Crippen LogP contribution in [0.15, 0.2) is 24.3 Å². The quantitative estimate of drug-likeness (QED) is 0.216. The first kappa shape index (κ1) is 24.0. The predicted molar refractivity (Wildman–Crippen MR) is 106 cm³/mol. The lowest BCUT2D eigenvalue weighted by Gasteiger charge is -2.14. The number of non-ortho nitro benzene ring substituents is 1. The Kier molecular flexibility index (Phi) is 10.3. The lowest BCUT2D eigenvalue weighted by molar-refractivity contribution is -0.384. The number of rotatable bonds is 13. The SMILES string of the molecule is C[C@H](NC(=O)[C@@H](N)CCCCNC(=O)CCCc1ccc([N+](=O)[O-])cc1)C(=O)O. The average Bonchev–Trinajstić information content (AvgIpc) is 2.67. The van der Waals surface area contributed by atoms with E-state index in [1.54, 1.807) is 12.1 Å². The average molecular weight is 408 g/mol. The standard InChI is InChI=1S/C19H28N4O6/c1-13(19(26)27)22-18(25)16(20)6-2-3-12-21-17(24)7-4-5-14-8-10-15(11-9-14)23(28)29/h8-11,13,16H,2-7,12,20H2,1H3,(H,21,24)(H,22,25)(H,26,27)/t13-,16-/m0/s1. The molecule has 0 aliphatic rings. The molecule has 0 aromatic heterocycles. The fourth-order valence-corrected chi connectivity index (χ4v) is 2.56. The van der Waals surface area contributed by atoms with E-state index in [9.17, 15) is 24.5 Å². The Morgan fingerprint density at radius 1 is 1.17 bits per heavy atom. The normalized spacial score (nSPS) is 12.6. The van der Waals surface area contributed by atoms with Gasteiger partial charge in [-0.15, -0.1) is 0 Å². The highest BCUT2D eigenvalue weighted by Crippen LogP contribution is 2.13. The third-order valence-electron chi connectivity index (χ3n) is 4.35. The third kappa shape index (κ3) is 9.65. The van der Waals surface area contributed by atoms with Crippen LogP contribution >= 0.6 is 0 Å². The molecule has 1 rings (SSSR count). The molecular formula is C19H28N4O6. The molecule has 160 valence electrons. The maximum absolute atomic E-state index is 11.8. The zero-order valence-electron chi connectivity index (χ0n) is 16.4. The number of nitrogens with two attached hydrogens (primary N) is 1. The minimum atomic E-state index is -1.12. The molecule has 10 nitrogen and oxygen atoms in total. The molecule has 2 amide bonds. The Balaban J connectivity index is 2.12. The minimum absolute atomic E-state index is 0.0417. The predicted octanol–water partition coefficient (Wildman–Crippen LogP) is 1.12. The Bertz CT molecular complexity index is 707. The van der Waals surface area contributed by atoms with Crippen LogP contribution in [0, 0.1) is 10.1 Å². The highest BCUT2D eigenvalue weighted by atomic mass is 16.6. The van der Waals surface area contributed by atoms with Crippen molar-refractivity contribution in [3.63, 3.8) is 0 Å². The fraction of sp³-hybridized carbons (Fsp3) is 0.526. The van der Waals surface area contributed by atoms with E-state index in [4.69, 9.17) is 10.8 Å². The second kappa shape index (κ2) is 12.4. The first-order valence-corrected chi connectivity index (χ1v) is 9.49. The van der Waals surface area contributed by atoms with Crippen LogP contribution in [-0.4, -0.2) is 46.4 Å². The number of aryl methyl sites for hydroxylation is 1. The number of nitro groups is 1. The molecule has 0 fully saturated rings. The van der Waals surface area contributed by atoms with Gasteiger partial charge in [-0.05, 0) is 44.6 Å². The minimum Gasteiger partial charge on any atom is -0.480 e. The lowest BCUT2D eigenvalue weighted by Crippen LogP contribution is -2.47. The van der Waals surface area contributed by atoms with Crippen molar-refractivity contribution in [1.29, 1.82) is 0 Å². The summed E-state index contributed by atoms with van der Waals surface area (Å²) >= 11 is 0. The molecule has 10 heteroatoms. The van der Waals surface area contributed by atoms with Gasteiger partial charge in [0, 0.05) is 25.1 Å². The number of nitrogens with zero attached hydrogens (tertiary/aromatic N) is 1. The molecule has 0 aliphatic carbocycles. The van der Waals surface area contributed by atoms with Crippen molar-refractivity contribution in [2.24, 2.45) is 5.73 Å². The van der Waals surface area contributed by atoms with Crippen molar-refractivity contribution in [3.05, 3.63) is 39.9 Å². The summed E-state index contributed by atoms with van der Waals surface area (Å²) in [5.41, 5.74) is 6.70. The number of hydrogen-bond donors (Lipinski definition) is 4. The Morgan fingerprint density at radius 2 is 1.83 bits per heavy atom. The molecule has 1 aromatic rings. The molecule has 0 heterocycles. The number of aliphatic carboxylic acids is 1. The van der Waals surface area contributed by atoms with Crippen LogP contribution in [0.2, 0.25) is 0 Å². The van der Waals surface area contributed by atoms with Gasteiger partial charge in [0.25, 0.3) is 5.69 Å². The van der Waals surface area contributed by atoms with E-state index in [1.807, 2.05) is 0 Å². The number of carboxylic acid groups (broad SMARTS) is 1. The number of carbonyl (C=O) groups excluding carboxylic acids is 2. The van der Waals surface area contributed by atoms with Crippen molar-refractivity contribution in [3.8, 4) is 0 Å². The van der Waals surface area contributed by atoms with Gasteiger partial charge in [-0.3, -0.25) is 24.5 Å². The molecule has 2 atom stereocenters. The van der Waals surface area contributed by atoms with Gasteiger partial charge in [0.05, 0.1) is 11.0 Å². The highest BCUT2D eigenvalue weighted by molar-refractivity contribution is 5.86. The van der Waals surface area contributed by atoms with Crippen molar-refractivity contribution in [1.82, 2.24) is 10.6 Å². The first-order valence-electron chi connectivity index (χ1n) is 9.49. The number of carboxylic acids is 1. The summed E-state index contributed by atoms with van der Waals surface area (Å²) in [6.45, 7) is 1.83. The van der Waals surface area contributed by atoms with Gasteiger partial charge < -0.3 is 21.5 Å². The molecule has 0 bridgehead atoms. The molecule has 0 saturated heterocycles. The maximum Gasteiger partial charge on any atom is 0.325 e. The number of nitro benzene ring substituents is 1. The van der Waals surface area contributed by atoms with Crippen LogP contribution in [-0.2, 0) is 20.8 Å². The number of carbonyl (C=O) groups is 3. The van der Waals surface area contributed by atoms with Gasteiger partial charge in [0.15, 0.2) is 0 Å². The van der Waals surface area contributed by atoms with Gasteiger partial charge in [-0.1, -0.05) is 12.1 Å². The van der Waals surface area contributed by atoms with Crippen LogP contribution in [0.25, 0.3) is 0 Å². The van der Waals surface area contributed by atoms with Crippen molar-refractivity contribution in [2.45, 2.75) is 57.5 Å². The summed E-state index contributed by atoms with van der Waals surface area (Å²) in [4.78, 5) is 44.4. The molecular weight excluding hydrogens is 380 g/mol. The summed E-state index contributed by atoms with van der Waals surface area (Å²) in [5, 5.41) is 24.5. The van der Waals surface area contributed by atoms with E-state index in [0.29, 0.717) is 45.1 Å². The molecule has 0 spiro atoms. The number of hydrogen-bond acceptors (Lipinski definition) is 6. The van der Waals surface area contributed by atoms with Crippen LogP contribution in [0.1, 0.15) is 44.6 Å². The Morgan fingerprint density at radius 3 is 2.41 bits per heavy atom. The summed E-state index contributed by atoms with van der Waals surface area (Å²) in [6, 6.07) is 4.50. The van der Waals surface area contributed by atoms with E-state index in [-0.39, 0.29) is 11.6 Å². The smallest absolute Gasteiger partial charge is 0.325 e. The Labute approximate surface area is 169 Å². The zero-order valence-corrected chi connectivity index (χ0v) is 16.4.